The summed E-state index contributed by atoms with van der Waals surface area (Å²) in [5, 5.41) is 0. The van der Waals surface area contributed by atoms with Crippen LogP contribution in [0.1, 0.15) is 27.9 Å². The number of amides is 1. The summed E-state index contributed by atoms with van der Waals surface area (Å²) in [7, 11) is 0. The fourth-order valence-corrected chi connectivity index (χ4v) is 2.87. The molecule has 0 bridgehead atoms. The van der Waals surface area contributed by atoms with Gasteiger partial charge in [-0.2, -0.15) is 0 Å². The summed E-state index contributed by atoms with van der Waals surface area (Å²) in [5.74, 6) is 0.122. The smallest absolute Gasteiger partial charge is 0.254 e. The van der Waals surface area contributed by atoms with Crippen molar-refractivity contribution in [2.24, 2.45) is 0 Å². The molecule has 0 aliphatic carbocycles. The van der Waals surface area contributed by atoms with Crippen LogP contribution >= 0.6 is 0 Å². The minimum atomic E-state index is 0.122. The monoisotopic (exact) mass is 280 g/mol. The zero-order chi connectivity index (χ0) is 14.7. The van der Waals surface area contributed by atoms with Crippen molar-refractivity contribution in [2.75, 3.05) is 18.8 Å². The molecule has 0 aromatic heterocycles. The Bertz CT molecular complexity index is 637. The van der Waals surface area contributed by atoms with Gasteiger partial charge in [-0.25, -0.2) is 0 Å². The largest absolute Gasteiger partial charge is 0.399 e. The lowest BCUT2D eigenvalue weighted by atomic mass is 9.98. The number of nitrogens with two attached hydrogens (primary N) is 1. The molecule has 0 radical (unpaired) electrons. The molecule has 0 spiro atoms. The average molecular weight is 280 g/mol. The summed E-state index contributed by atoms with van der Waals surface area (Å²) < 4.78 is 0. The van der Waals surface area contributed by atoms with Gasteiger partial charge in [0.05, 0.1) is 0 Å². The maximum absolute atomic E-state index is 12.5. The number of anilines is 1. The standard InChI is InChI=1S/C18H20N2O/c19-16-9-8-15-10-12-20(18(21)17(15)13-16)11-4-7-14-5-2-1-3-6-14/h1-3,5-6,8-9,13H,4,7,10-12,19H2. The summed E-state index contributed by atoms with van der Waals surface area (Å²) in [6.07, 6.45) is 2.93. The van der Waals surface area contributed by atoms with Gasteiger partial charge in [-0.3, -0.25) is 4.79 Å². The van der Waals surface area contributed by atoms with Crippen LogP contribution in [0.4, 0.5) is 5.69 Å². The van der Waals surface area contributed by atoms with E-state index < -0.39 is 0 Å². The van der Waals surface area contributed by atoms with Crippen LogP contribution in [0.2, 0.25) is 0 Å². The quantitative estimate of drug-likeness (QED) is 0.875. The zero-order valence-corrected chi connectivity index (χ0v) is 12.1. The molecular weight excluding hydrogens is 260 g/mol. The van der Waals surface area contributed by atoms with Gasteiger partial charge in [-0.1, -0.05) is 36.4 Å². The van der Waals surface area contributed by atoms with Crippen LogP contribution in [0.3, 0.4) is 0 Å². The third-order valence-electron chi connectivity index (χ3n) is 4.04. The number of fused-ring (bicyclic) bond motifs is 1. The van der Waals surface area contributed by atoms with E-state index in [1.54, 1.807) is 6.07 Å². The van der Waals surface area contributed by atoms with Gasteiger partial charge in [-0.05, 0) is 42.5 Å². The van der Waals surface area contributed by atoms with Crippen LogP contribution < -0.4 is 5.73 Å². The van der Waals surface area contributed by atoms with Gasteiger partial charge in [0.25, 0.3) is 5.91 Å². The Balaban J connectivity index is 1.61. The van der Waals surface area contributed by atoms with Gasteiger partial charge in [0, 0.05) is 24.3 Å². The summed E-state index contributed by atoms with van der Waals surface area (Å²) in [5.41, 5.74) is 9.68. The van der Waals surface area contributed by atoms with Crippen molar-refractivity contribution >= 4 is 11.6 Å². The van der Waals surface area contributed by atoms with Gasteiger partial charge in [0.15, 0.2) is 0 Å². The van der Waals surface area contributed by atoms with Crippen molar-refractivity contribution in [1.29, 1.82) is 0 Å². The van der Waals surface area contributed by atoms with Crippen molar-refractivity contribution in [2.45, 2.75) is 19.3 Å². The third-order valence-corrected chi connectivity index (χ3v) is 4.04. The fourth-order valence-electron chi connectivity index (χ4n) is 2.87. The molecule has 3 rings (SSSR count). The molecular formula is C18H20N2O. The normalized spacial score (nSPS) is 14.1. The van der Waals surface area contributed by atoms with Crippen LogP contribution in [-0.4, -0.2) is 23.9 Å². The van der Waals surface area contributed by atoms with Crippen molar-refractivity contribution in [3.63, 3.8) is 0 Å². The number of carbonyl (C=O) groups excluding carboxylic acids is 1. The predicted molar refractivity (Wildman–Crippen MR) is 85.2 cm³/mol. The lowest BCUT2D eigenvalue weighted by Crippen LogP contribution is -2.38. The molecule has 3 heteroatoms. The first-order valence-electron chi connectivity index (χ1n) is 7.45. The summed E-state index contributed by atoms with van der Waals surface area (Å²) >= 11 is 0. The van der Waals surface area contributed by atoms with Gasteiger partial charge in [0.2, 0.25) is 0 Å². The molecule has 2 N–H and O–H groups in total. The number of hydrogen-bond donors (Lipinski definition) is 1. The van der Waals surface area contributed by atoms with E-state index in [9.17, 15) is 4.79 Å². The number of nitrogens with zero attached hydrogens (tertiary/aromatic N) is 1. The molecule has 2 aromatic carbocycles. The Morgan fingerprint density at radius 1 is 1.10 bits per heavy atom. The Morgan fingerprint density at radius 2 is 1.90 bits per heavy atom. The molecule has 0 atom stereocenters. The zero-order valence-electron chi connectivity index (χ0n) is 12.1. The number of rotatable bonds is 4. The van der Waals surface area contributed by atoms with Crippen LogP contribution in [0.5, 0.6) is 0 Å². The number of hydrogen-bond acceptors (Lipinski definition) is 2. The average Bonchev–Trinajstić information content (AvgIpc) is 2.51. The van der Waals surface area contributed by atoms with E-state index in [1.807, 2.05) is 23.1 Å². The number of nitrogen functional groups attached to an aromatic ring is 1. The summed E-state index contributed by atoms with van der Waals surface area (Å²) in [6.45, 7) is 1.62. The Kier molecular flexibility index (Phi) is 3.91. The molecule has 0 saturated heterocycles. The van der Waals surface area contributed by atoms with Crippen LogP contribution in [0.25, 0.3) is 0 Å². The minimum Gasteiger partial charge on any atom is -0.399 e. The van der Waals surface area contributed by atoms with Crippen molar-refractivity contribution in [3.05, 3.63) is 65.2 Å². The SMILES string of the molecule is Nc1ccc2c(c1)C(=O)N(CCCc1ccccc1)CC2. The highest BCUT2D eigenvalue weighted by Crippen LogP contribution is 2.21. The molecule has 108 valence electrons. The Labute approximate surface area is 125 Å². The first-order chi connectivity index (χ1) is 10.2. The van der Waals surface area contributed by atoms with Crippen molar-refractivity contribution in [1.82, 2.24) is 4.90 Å². The first kappa shape index (κ1) is 13.7. The lowest BCUT2D eigenvalue weighted by molar-refractivity contribution is 0.0738. The van der Waals surface area contributed by atoms with Gasteiger partial charge < -0.3 is 10.6 Å². The van der Waals surface area contributed by atoms with E-state index in [4.69, 9.17) is 5.73 Å². The van der Waals surface area contributed by atoms with E-state index in [-0.39, 0.29) is 5.91 Å². The van der Waals surface area contributed by atoms with E-state index in [0.29, 0.717) is 5.69 Å². The molecule has 0 saturated carbocycles. The maximum Gasteiger partial charge on any atom is 0.254 e. The molecule has 3 nitrogen and oxygen atoms in total. The molecule has 1 amide bonds. The van der Waals surface area contributed by atoms with Gasteiger partial charge >= 0.3 is 0 Å². The molecule has 1 heterocycles. The fraction of sp³-hybridized carbons (Fsp3) is 0.278. The molecule has 1 aliphatic heterocycles. The van der Waals surface area contributed by atoms with Crippen molar-refractivity contribution < 1.29 is 4.79 Å². The van der Waals surface area contributed by atoms with Gasteiger partial charge in [0.1, 0.15) is 0 Å². The highest BCUT2D eigenvalue weighted by atomic mass is 16.2. The minimum absolute atomic E-state index is 0.122. The molecule has 1 aliphatic rings. The van der Waals surface area contributed by atoms with Crippen LogP contribution in [-0.2, 0) is 12.8 Å². The van der Waals surface area contributed by atoms with E-state index in [1.165, 1.54) is 5.56 Å². The lowest BCUT2D eigenvalue weighted by Gasteiger charge is -2.28. The molecule has 2 aromatic rings. The van der Waals surface area contributed by atoms with E-state index in [2.05, 4.69) is 24.3 Å². The second kappa shape index (κ2) is 6.00. The number of benzene rings is 2. The topological polar surface area (TPSA) is 46.3 Å². The summed E-state index contributed by atoms with van der Waals surface area (Å²) in [4.78, 5) is 14.4. The second-order valence-electron chi connectivity index (χ2n) is 5.55. The highest BCUT2D eigenvalue weighted by molar-refractivity contribution is 5.97. The first-order valence-corrected chi connectivity index (χ1v) is 7.45. The molecule has 0 fully saturated rings. The number of aryl methyl sites for hydroxylation is 1. The summed E-state index contributed by atoms with van der Waals surface area (Å²) in [6, 6.07) is 16.1. The molecule has 0 unspecified atom stereocenters. The second-order valence-corrected chi connectivity index (χ2v) is 5.55. The van der Waals surface area contributed by atoms with E-state index in [0.717, 1.165) is 43.5 Å². The maximum atomic E-state index is 12.5. The number of carbonyl (C=O) groups is 1. The van der Waals surface area contributed by atoms with E-state index >= 15 is 0 Å². The Hall–Kier alpha value is -2.29. The van der Waals surface area contributed by atoms with Gasteiger partial charge in [-0.15, -0.1) is 0 Å². The third kappa shape index (κ3) is 3.07. The van der Waals surface area contributed by atoms with Crippen molar-refractivity contribution in [3.8, 4) is 0 Å². The Morgan fingerprint density at radius 3 is 2.71 bits per heavy atom. The molecule has 21 heavy (non-hydrogen) atoms. The predicted octanol–water partition coefficient (Wildman–Crippen LogP) is 2.90. The highest BCUT2D eigenvalue weighted by Gasteiger charge is 2.23. The van der Waals surface area contributed by atoms with Crippen LogP contribution in [0, 0.1) is 0 Å². The van der Waals surface area contributed by atoms with Crippen LogP contribution in [0.15, 0.2) is 48.5 Å².